The van der Waals surface area contributed by atoms with Crippen molar-refractivity contribution in [3.8, 4) is 5.75 Å². The van der Waals surface area contributed by atoms with Gasteiger partial charge in [-0.3, -0.25) is 9.59 Å². The van der Waals surface area contributed by atoms with Crippen molar-refractivity contribution < 1.29 is 22.7 Å². The van der Waals surface area contributed by atoms with Crippen molar-refractivity contribution in [3.63, 3.8) is 0 Å². The number of rotatable bonds is 3. The van der Waals surface area contributed by atoms with Gasteiger partial charge in [-0.2, -0.15) is 0 Å². The Labute approximate surface area is 146 Å². The molecule has 136 valence electrons. The average Bonchev–Trinajstić information content (AvgIpc) is 2.59. The van der Waals surface area contributed by atoms with Crippen LogP contribution in [-0.4, -0.2) is 68.5 Å². The van der Waals surface area contributed by atoms with Crippen LogP contribution in [0.1, 0.15) is 23.2 Å². The fraction of sp³-hybridized carbons (Fsp3) is 0.500. The molecule has 0 bridgehead atoms. The molecule has 0 radical (unpaired) electrons. The van der Waals surface area contributed by atoms with Gasteiger partial charge < -0.3 is 15.0 Å². The lowest BCUT2D eigenvalue weighted by Crippen LogP contribution is -2.47. The van der Waals surface area contributed by atoms with Gasteiger partial charge in [0.05, 0.1) is 11.9 Å². The van der Waals surface area contributed by atoms with E-state index in [1.807, 2.05) is 0 Å². The molecule has 0 unspecified atom stereocenters. The molecule has 3 rings (SSSR count). The summed E-state index contributed by atoms with van der Waals surface area (Å²) in [6, 6.07) is 4.87. The highest BCUT2D eigenvalue weighted by Crippen LogP contribution is 2.29. The van der Waals surface area contributed by atoms with Crippen molar-refractivity contribution >= 4 is 27.5 Å². The highest BCUT2D eigenvalue weighted by molar-refractivity contribution is 7.88. The molecule has 1 N–H and O–H groups in total. The van der Waals surface area contributed by atoms with Crippen LogP contribution in [0.3, 0.4) is 0 Å². The summed E-state index contributed by atoms with van der Waals surface area (Å²) in [6.07, 6.45) is 2.38. The number of benzene rings is 1. The van der Waals surface area contributed by atoms with Crippen LogP contribution in [-0.2, 0) is 14.8 Å². The molecular formula is C16H21N3O5S. The molecule has 1 fully saturated rings. The first kappa shape index (κ1) is 17.7. The largest absolute Gasteiger partial charge is 0.482 e. The first-order valence-corrected chi connectivity index (χ1v) is 9.89. The summed E-state index contributed by atoms with van der Waals surface area (Å²) in [6.45, 7) is 0.953. The Morgan fingerprint density at radius 1 is 1.32 bits per heavy atom. The maximum atomic E-state index is 12.7. The summed E-state index contributed by atoms with van der Waals surface area (Å²) in [4.78, 5) is 25.8. The maximum Gasteiger partial charge on any atom is 0.262 e. The standard InChI is InChI=1S/C16H21N3O5S/c1-18(25(2,22)23)12-5-7-19(8-6-12)16(21)11-3-4-14-13(9-11)17-15(20)10-24-14/h3-4,9,12H,5-8,10H2,1-2H3,(H,17,20). The van der Waals surface area contributed by atoms with Gasteiger partial charge in [0.15, 0.2) is 6.61 Å². The molecule has 2 heterocycles. The first-order valence-electron chi connectivity index (χ1n) is 8.04. The van der Waals surface area contributed by atoms with Gasteiger partial charge in [0.25, 0.3) is 11.8 Å². The van der Waals surface area contributed by atoms with Crippen LogP contribution in [0.5, 0.6) is 5.75 Å². The third kappa shape index (κ3) is 3.77. The average molecular weight is 367 g/mol. The van der Waals surface area contributed by atoms with E-state index in [-0.39, 0.29) is 24.5 Å². The van der Waals surface area contributed by atoms with Crippen molar-refractivity contribution in [1.82, 2.24) is 9.21 Å². The zero-order valence-corrected chi connectivity index (χ0v) is 15.0. The number of likely N-dealkylation sites (tertiary alicyclic amines) is 1. The Morgan fingerprint density at radius 2 is 2.00 bits per heavy atom. The SMILES string of the molecule is CN(C1CCN(C(=O)c2ccc3c(c2)NC(=O)CO3)CC1)S(C)(=O)=O. The van der Waals surface area contributed by atoms with Crippen LogP contribution in [0.4, 0.5) is 5.69 Å². The summed E-state index contributed by atoms with van der Waals surface area (Å²) in [5, 5.41) is 2.69. The van der Waals surface area contributed by atoms with E-state index in [0.29, 0.717) is 42.9 Å². The van der Waals surface area contributed by atoms with Gasteiger partial charge in [-0.1, -0.05) is 0 Å². The molecule has 0 aromatic heterocycles. The normalized spacial score (nSPS) is 18.5. The number of sulfonamides is 1. The fourth-order valence-corrected chi connectivity index (χ4v) is 3.85. The van der Waals surface area contributed by atoms with Gasteiger partial charge in [-0.05, 0) is 31.0 Å². The van der Waals surface area contributed by atoms with Crippen molar-refractivity contribution in [1.29, 1.82) is 0 Å². The van der Waals surface area contributed by atoms with Gasteiger partial charge >= 0.3 is 0 Å². The summed E-state index contributed by atoms with van der Waals surface area (Å²) in [5.74, 6) is 0.162. The smallest absolute Gasteiger partial charge is 0.262 e. The monoisotopic (exact) mass is 367 g/mol. The quantitative estimate of drug-likeness (QED) is 0.840. The Hall–Kier alpha value is -2.13. The van der Waals surface area contributed by atoms with Crippen LogP contribution in [0.15, 0.2) is 18.2 Å². The van der Waals surface area contributed by atoms with Crippen LogP contribution in [0.25, 0.3) is 0 Å². The van der Waals surface area contributed by atoms with E-state index in [1.165, 1.54) is 10.6 Å². The summed E-state index contributed by atoms with van der Waals surface area (Å²) < 4.78 is 29.9. The maximum absolute atomic E-state index is 12.7. The molecule has 0 aliphatic carbocycles. The van der Waals surface area contributed by atoms with Crippen molar-refractivity contribution in [2.24, 2.45) is 0 Å². The number of piperidine rings is 1. The second-order valence-corrected chi connectivity index (χ2v) is 8.39. The summed E-state index contributed by atoms with van der Waals surface area (Å²) in [7, 11) is -1.66. The molecule has 0 saturated carbocycles. The number of carbonyl (C=O) groups excluding carboxylic acids is 2. The highest BCUT2D eigenvalue weighted by Gasteiger charge is 2.29. The van der Waals surface area contributed by atoms with Gasteiger partial charge in [0.1, 0.15) is 5.75 Å². The number of hydrogen-bond acceptors (Lipinski definition) is 5. The lowest BCUT2D eigenvalue weighted by atomic mass is 10.0. The van der Waals surface area contributed by atoms with Gasteiger partial charge in [0.2, 0.25) is 10.0 Å². The molecule has 2 aliphatic rings. The minimum absolute atomic E-state index is 0.0261. The molecule has 0 spiro atoms. The zero-order chi connectivity index (χ0) is 18.2. The molecule has 0 atom stereocenters. The predicted octanol–water partition coefficient (Wildman–Crippen LogP) is 0.513. The number of anilines is 1. The minimum atomic E-state index is -3.23. The Kier molecular flexibility index (Phi) is 4.70. The number of amides is 2. The van der Waals surface area contributed by atoms with Crippen LogP contribution < -0.4 is 10.1 Å². The van der Waals surface area contributed by atoms with Crippen molar-refractivity contribution in [3.05, 3.63) is 23.8 Å². The van der Waals surface area contributed by atoms with Gasteiger partial charge in [0, 0.05) is 31.7 Å². The van der Waals surface area contributed by atoms with Crippen LogP contribution >= 0.6 is 0 Å². The third-order valence-corrected chi connectivity index (χ3v) is 5.99. The van der Waals surface area contributed by atoms with Crippen molar-refractivity contribution in [2.75, 3.05) is 38.3 Å². The van der Waals surface area contributed by atoms with Crippen molar-refractivity contribution in [2.45, 2.75) is 18.9 Å². The second kappa shape index (κ2) is 6.64. The number of nitrogens with zero attached hydrogens (tertiary/aromatic N) is 2. The Bertz CT molecular complexity index is 800. The zero-order valence-electron chi connectivity index (χ0n) is 14.2. The van der Waals surface area contributed by atoms with E-state index in [1.54, 1.807) is 30.1 Å². The fourth-order valence-electron chi connectivity index (χ4n) is 3.10. The number of fused-ring (bicyclic) bond motifs is 1. The number of hydrogen-bond donors (Lipinski definition) is 1. The molecule has 1 saturated heterocycles. The van der Waals surface area contributed by atoms with E-state index in [2.05, 4.69) is 5.32 Å². The minimum Gasteiger partial charge on any atom is -0.482 e. The van der Waals surface area contributed by atoms with E-state index >= 15 is 0 Å². The number of carbonyl (C=O) groups is 2. The molecule has 25 heavy (non-hydrogen) atoms. The topological polar surface area (TPSA) is 96.0 Å². The van der Waals surface area contributed by atoms with Crippen LogP contribution in [0, 0.1) is 0 Å². The summed E-state index contributed by atoms with van der Waals surface area (Å²) in [5.41, 5.74) is 0.966. The highest BCUT2D eigenvalue weighted by atomic mass is 32.2. The molecule has 8 nitrogen and oxygen atoms in total. The predicted molar refractivity (Wildman–Crippen MR) is 92.1 cm³/mol. The Balaban J connectivity index is 1.67. The summed E-state index contributed by atoms with van der Waals surface area (Å²) >= 11 is 0. The molecule has 1 aromatic carbocycles. The lowest BCUT2D eigenvalue weighted by molar-refractivity contribution is -0.118. The van der Waals surface area contributed by atoms with Crippen LogP contribution in [0.2, 0.25) is 0 Å². The first-order chi connectivity index (χ1) is 11.8. The van der Waals surface area contributed by atoms with E-state index < -0.39 is 10.0 Å². The second-order valence-electron chi connectivity index (χ2n) is 6.35. The molecule has 2 amide bonds. The number of nitrogens with one attached hydrogen (secondary N) is 1. The van der Waals surface area contributed by atoms with Gasteiger partial charge in [-0.25, -0.2) is 12.7 Å². The van der Waals surface area contributed by atoms with Gasteiger partial charge in [-0.15, -0.1) is 0 Å². The lowest BCUT2D eigenvalue weighted by Gasteiger charge is -2.35. The van der Waals surface area contributed by atoms with E-state index in [4.69, 9.17) is 4.74 Å². The number of ether oxygens (including phenoxy) is 1. The molecular weight excluding hydrogens is 346 g/mol. The Morgan fingerprint density at radius 3 is 2.64 bits per heavy atom. The van der Waals surface area contributed by atoms with E-state index in [0.717, 1.165) is 0 Å². The molecule has 1 aromatic rings. The van der Waals surface area contributed by atoms with E-state index in [9.17, 15) is 18.0 Å². The molecule has 2 aliphatic heterocycles. The third-order valence-electron chi connectivity index (χ3n) is 4.65. The molecule has 9 heteroatoms.